The molecule has 0 saturated carbocycles. The average Bonchev–Trinajstić information content (AvgIpc) is 3.31. The summed E-state index contributed by atoms with van der Waals surface area (Å²) in [6, 6.07) is 20.4. The summed E-state index contributed by atoms with van der Waals surface area (Å²) in [7, 11) is 1.94. The Morgan fingerprint density at radius 3 is 2.50 bits per heavy atom. The first-order chi connectivity index (χ1) is 19.3. The van der Waals surface area contributed by atoms with E-state index in [-0.39, 0.29) is 19.1 Å². The van der Waals surface area contributed by atoms with Gasteiger partial charge in [-0.05, 0) is 71.8 Å². The van der Waals surface area contributed by atoms with Crippen molar-refractivity contribution in [1.29, 1.82) is 0 Å². The number of nitrogens with two attached hydrogens (primary N) is 2. The number of rotatable bonds is 9. The van der Waals surface area contributed by atoms with E-state index in [0.29, 0.717) is 41.0 Å². The summed E-state index contributed by atoms with van der Waals surface area (Å²) in [6.45, 7) is 1.41. The van der Waals surface area contributed by atoms with Crippen molar-refractivity contribution in [2.45, 2.75) is 13.1 Å². The molecule has 204 valence electrons. The number of nitrogens with zero attached hydrogens (tertiary/aromatic N) is 1. The van der Waals surface area contributed by atoms with E-state index in [4.69, 9.17) is 11.5 Å². The number of hydrogen-bond donors (Lipinski definition) is 5. The number of aromatic amines is 1. The van der Waals surface area contributed by atoms with Gasteiger partial charge in [0.05, 0.1) is 17.7 Å². The van der Waals surface area contributed by atoms with Crippen LogP contribution in [0.25, 0.3) is 32.9 Å². The molecule has 1 aromatic heterocycles. The third kappa shape index (κ3) is 5.17. The highest BCUT2D eigenvalue weighted by Gasteiger charge is 2.20. The molecule has 2 amide bonds. The number of likely N-dealkylation sites (N-methyl/N-ethyl adjacent to an activating group) is 1. The Kier molecular flexibility index (Phi) is 7.61. The Labute approximate surface area is 230 Å². The average molecular weight is 540 g/mol. The predicted molar refractivity (Wildman–Crippen MR) is 155 cm³/mol. The topological polar surface area (TPSA) is 137 Å². The van der Waals surface area contributed by atoms with Crippen LogP contribution in [0.2, 0.25) is 0 Å². The van der Waals surface area contributed by atoms with Gasteiger partial charge in [0.1, 0.15) is 5.82 Å². The zero-order valence-electron chi connectivity index (χ0n) is 22.0. The Morgan fingerprint density at radius 1 is 1.02 bits per heavy atom. The summed E-state index contributed by atoms with van der Waals surface area (Å²) < 4.78 is 13.3. The van der Waals surface area contributed by atoms with Gasteiger partial charge in [0.15, 0.2) is 0 Å². The van der Waals surface area contributed by atoms with Crippen LogP contribution >= 0.6 is 0 Å². The summed E-state index contributed by atoms with van der Waals surface area (Å²) in [4.78, 5) is 30.7. The molecule has 0 fully saturated rings. The van der Waals surface area contributed by atoms with E-state index in [2.05, 4.69) is 10.3 Å². The standard InChI is InChI=1S/C31H30FN5O3/c1-37(13-14-38)17-18-5-10-23-27(15-18)35-29-24(30(34)39)12-11-22(28(23)29)21-3-2-4-26(25(21)16-33)36-31(40)19-6-8-20(32)9-7-19/h2-12,15,35,38H,13-14,16-17,33H2,1H3,(H2,34,39)(H,36,40). The second kappa shape index (κ2) is 11.3. The Morgan fingerprint density at radius 2 is 1.80 bits per heavy atom. The van der Waals surface area contributed by atoms with E-state index in [9.17, 15) is 19.1 Å². The number of aromatic nitrogens is 1. The quantitative estimate of drug-likeness (QED) is 0.190. The lowest BCUT2D eigenvalue weighted by atomic mass is 9.92. The van der Waals surface area contributed by atoms with Gasteiger partial charge in [-0.3, -0.25) is 14.5 Å². The Balaban J connectivity index is 1.64. The predicted octanol–water partition coefficient (Wildman–Crippen LogP) is 4.36. The Bertz CT molecular complexity index is 1730. The maximum atomic E-state index is 13.3. The number of primary amides is 1. The molecule has 5 aromatic rings. The smallest absolute Gasteiger partial charge is 0.255 e. The van der Waals surface area contributed by atoms with E-state index in [1.165, 1.54) is 24.3 Å². The molecule has 40 heavy (non-hydrogen) atoms. The van der Waals surface area contributed by atoms with Crippen LogP contribution in [-0.2, 0) is 13.1 Å². The molecule has 0 aliphatic carbocycles. The van der Waals surface area contributed by atoms with E-state index >= 15 is 0 Å². The molecule has 5 rings (SSSR count). The number of carbonyl (C=O) groups is 2. The van der Waals surface area contributed by atoms with Crippen molar-refractivity contribution in [2.24, 2.45) is 11.5 Å². The van der Waals surface area contributed by atoms with Crippen LogP contribution in [0.4, 0.5) is 10.1 Å². The molecule has 4 aromatic carbocycles. The van der Waals surface area contributed by atoms with Gasteiger partial charge in [-0.2, -0.15) is 0 Å². The van der Waals surface area contributed by atoms with Crippen LogP contribution in [0.15, 0.2) is 72.8 Å². The minimum Gasteiger partial charge on any atom is -0.395 e. The number of carbonyl (C=O) groups excluding carboxylic acids is 2. The summed E-state index contributed by atoms with van der Waals surface area (Å²) >= 11 is 0. The minimum absolute atomic E-state index is 0.0728. The van der Waals surface area contributed by atoms with E-state index < -0.39 is 11.7 Å². The van der Waals surface area contributed by atoms with Gasteiger partial charge in [0.25, 0.3) is 11.8 Å². The minimum atomic E-state index is -0.551. The molecule has 0 saturated heterocycles. The first-order valence-corrected chi connectivity index (χ1v) is 12.9. The zero-order valence-corrected chi connectivity index (χ0v) is 22.0. The van der Waals surface area contributed by atoms with Gasteiger partial charge in [-0.15, -0.1) is 0 Å². The second-order valence-corrected chi connectivity index (χ2v) is 9.74. The lowest BCUT2D eigenvalue weighted by Crippen LogP contribution is -2.21. The van der Waals surface area contributed by atoms with Crippen LogP contribution in [0.3, 0.4) is 0 Å². The third-order valence-corrected chi connectivity index (χ3v) is 7.04. The fraction of sp³-hybridized carbons (Fsp3) is 0.161. The molecule has 0 aliphatic rings. The van der Waals surface area contributed by atoms with Gasteiger partial charge in [-0.25, -0.2) is 4.39 Å². The molecule has 0 unspecified atom stereocenters. The maximum Gasteiger partial charge on any atom is 0.255 e. The van der Waals surface area contributed by atoms with E-state index in [1.54, 1.807) is 12.1 Å². The van der Waals surface area contributed by atoms with Crippen LogP contribution in [-0.4, -0.2) is 47.0 Å². The molecule has 0 radical (unpaired) electrons. The summed E-state index contributed by atoms with van der Waals surface area (Å²) in [5, 5.41) is 13.9. The molecule has 0 spiro atoms. The van der Waals surface area contributed by atoms with Crippen molar-refractivity contribution in [3.8, 4) is 11.1 Å². The normalized spacial score (nSPS) is 11.4. The summed E-state index contributed by atoms with van der Waals surface area (Å²) in [5.41, 5.74) is 18.0. The van der Waals surface area contributed by atoms with Gasteiger partial charge >= 0.3 is 0 Å². The lowest BCUT2D eigenvalue weighted by molar-refractivity contribution is 0.0998. The number of nitrogens with one attached hydrogen (secondary N) is 2. The van der Waals surface area contributed by atoms with Gasteiger partial charge in [0.2, 0.25) is 0 Å². The number of hydrogen-bond acceptors (Lipinski definition) is 5. The highest BCUT2D eigenvalue weighted by molar-refractivity contribution is 6.20. The molecular weight excluding hydrogens is 509 g/mol. The first-order valence-electron chi connectivity index (χ1n) is 12.9. The van der Waals surface area contributed by atoms with Crippen molar-refractivity contribution in [2.75, 3.05) is 25.5 Å². The second-order valence-electron chi connectivity index (χ2n) is 9.74. The molecule has 0 aliphatic heterocycles. The van der Waals surface area contributed by atoms with Crippen molar-refractivity contribution >= 4 is 39.3 Å². The monoisotopic (exact) mass is 539 g/mol. The number of halogens is 1. The van der Waals surface area contributed by atoms with Crippen molar-refractivity contribution in [3.63, 3.8) is 0 Å². The Hall–Kier alpha value is -4.57. The number of anilines is 1. The van der Waals surface area contributed by atoms with E-state index in [1.807, 2.05) is 48.3 Å². The number of benzene rings is 4. The maximum absolute atomic E-state index is 13.3. The fourth-order valence-corrected chi connectivity index (χ4v) is 5.12. The fourth-order valence-electron chi connectivity index (χ4n) is 5.12. The highest BCUT2D eigenvalue weighted by Crippen LogP contribution is 2.39. The van der Waals surface area contributed by atoms with E-state index in [0.717, 1.165) is 33.0 Å². The third-order valence-electron chi connectivity index (χ3n) is 7.04. The molecule has 0 atom stereocenters. The molecule has 0 bridgehead atoms. The number of aliphatic hydroxyl groups excluding tert-OH is 1. The highest BCUT2D eigenvalue weighted by atomic mass is 19.1. The van der Waals surface area contributed by atoms with Crippen LogP contribution in [0, 0.1) is 5.82 Å². The molecule has 8 nitrogen and oxygen atoms in total. The number of aliphatic hydroxyl groups is 1. The van der Waals surface area contributed by atoms with Crippen molar-refractivity contribution < 1.29 is 19.1 Å². The lowest BCUT2D eigenvalue weighted by Gasteiger charge is -2.16. The van der Waals surface area contributed by atoms with Gasteiger partial charge < -0.3 is 26.9 Å². The number of H-pyrrole nitrogens is 1. The summed E-state index contributed by atoms with van der Waals surface area (Å²) in [5.74, 6) is -1.36. The van der Waals surface area contributed by atoms with Crippen LogP contribution in [0.5, 0.6) is 0 Å². The summed E-state index contributed by atoms with van der Waals surface area (Å²) in [6.07, 6.45) is 0. The van der Waals surface area contributed by atoms with Crippen LogP contribution < -0.4 is 16.8 Å². The first kappa shape index (κ1) is 27.0. The number of fused-ring (bicyclic) bond motifs is 3. The van der Waals surface area contributed by atoms with Crippen molar-refractivity contribution in [1.82, 2.24) is 9.88 Å². The zero-order chi connectivity index (χ0) is 28.4. The number of amides is 2. The van der Waals surface area contributed by atoms with Crippen molar-refractivity contribution in [3.05, 3.63) is 101 Å². The molecular formula is C31H30FN5O3. The molecule has 9 heteroatoms. The van der Waals surface area contributed by atoms with Crippen LogP contribution in [0.1, 0.15) is 31.8 Å². The molecule has 1 heterocycles. The SMILES string of the molecule is CN(CCO)Cc1ccc2c(c1)[nH]c1c(C(N)=O)ccc(-c3cccc(NC(=O)c4ccc(F)cc4)c3CN)c12. The largest absolute Gasteiger partial charge is 0.395 e. The van der Waals surface area contributed by atoms with Gasteiger partial charge in [0, 0.05) is 47.2 Å². The van der Waals surface area contributed by atoms with Gasteiger partial charge in [-0.1, -0.05) is 30.3 Å². The molecule has 7 N–H and O–H groups in total.